The van der Waals surface area contributed by atoms with Crippen LogP contribution in [0, 0.1) is 0 Å². The van der Waals surface area contributed by atoms with Crippen molar-refractivity contribution in [2.24, 2.45) is 0 Å². The molecule has 2 aliphatic heterocycles. The van der Waals surface area contributed by atoms with E-state index in [0.29, 0.717) is 25.5 Å². The van der Waals surface area contributed by atoms with E-state index in [2.05, 4.69) is 15.3 Å². The molecule has 8 nitrogen and oxygen atoms in total. The number of carboxylic acids is 1. The lowest BCUT2D eigenvalue weighted by atomic mass is 10.2. The van der Waals surface area contributed by atoms with Gasteiger partial charge < -0.3 is 20.2 Å². The molecular formula is C14H19N5O3. The van der Waals surface area contributed by atoms with Crippen molar-refractivity contribution >= 4 is 17.7 Å². The molecule has 0 aliphatic carbocycles. The molecule has 0 saturated carbocycles. The van der Waals surface area contributed by atoms with Gasteiger partial charge in [0, 0.05) is 32.7 Å². The van der Waals surface area contributed by atoms with Crippen LogP contribution >= 0.6 is 0 Å². The van der Waals surface area contributed by atoms with Crippen LogP contribution in [0.3, 0.4) is 0 Å². The highest BCUT2D eigenvalue weighted by atomic mass is 16.4. The SMILES string of the molecule is O=C(O)c1cncc(N2CCNC(C(=O)N3CCCC3)C2)n1. The number of aromatic carboxylic acids is 1. The maximum atomic E-state index is 12.5. The standard InChI is InChI=1S/C14H19N5O3/c20-13(18-4-1-2-5-18)11-9-19(6-3-16-11)12-8-15-7-10(17-12)14(21)22/h7-8,11,16H,1-6,9H2,(H,21,22). The van der Waals surface area contributed by atoms with Crippen LogP contribution < -0.4 is 10.2 Å². The zero-order chi connectivity index (χ0) is 15.5. The van der Waals surface area contributed by atoms with Crippen molar-refractivity contribution in [1.29, 1.82) is 0 Å². The van der Waals surface area contributed by atoms with Crippen LogP contribution in [-0.2, 0) is 4.79 Å². The molecule has 3 rings (SSSR count). The van der Waals surface area contributed by atoms with Crippen LogP contribution in [0.4, 0.5) is 5.82 Å². The van der Waals surface area contributed by atoms with Gasteiger partial charge in [-0.1, -0.05) is 0 Å². The van der Waals surface area contributed by atoms with Gasteiger partial charge in [0.25, 0.3) is 0 Å². The fraction of sp³-hybridized carbons (Fsp3) is 0.571. The molecule has 0 radical (unpaired) electrons. The minimum atomic E-state index is -1.10. The maximum absolute atomic E-state index is 12.5. The molecule has 8 heteroatoms. The van der Waals surface area contributed by atoms with Crippen LogP contribution in [0.1, 0.15) is 23.3 Å². The third-order valence-corrected chi connectivity index (χ3v) is 4.06. The zero-order valence-corrected chi connectivity index (χ0v) is 12.2. The van der Waals surface area contributed by atoms with E-state index in [1.165, 1.54) is 12.4 Å². The fourth-order valence-corrected chi connectivity index (χ4v) is 2.89. The first kappa shape index (κ1) is 14.7. The van der Waals surface area contributed by atoms with E-state index >= 15 is 0 Å². The summed E-state index contributed by atoms with van der Waals surface area (Å²) in [6.45, 7) is 3.45. The van der Waals surface area contributed by atoms with Crippen LogP contribution in [0.5, 0.6) is 0 Å². The lowest BCUT2D eigenvalue weighted by Gasteiger charge is -2.35. The Morgan fingerprint density at radius 2 is 2.00 bits per heavy atom. The summed E-state index contributed by atoms with van der Waals surface area (Å²) in [5, 5.41) is 12.2. The van der Waals surface area contributed by atoms with E-state index in [1.54, 1.807) is 0 Å². The molecular weight excluding hydrogens is 286 g/mol. The Labute approximate surface area is 128 Å². The highest BCUT2D eigenvalue weighted by Crippen LogP contribution is 2.15. The van der Waals surface area contributed by atoms with Crippen molar-refractivity contribution in [1.82, 2.24) is 20.2 Å². The number of piperazine rings is 1. The van der Waals surface area contributed by atoms with Gasteiger partial charge in [-0.2, -0.15) is 0 Å². The maximum Gasteiger partial charge on any atom is 0.356 e. The van der Waals surface area contributed by atoms with Gasteiger partial charge in [0.15, 0.2) is 5.69 Å². The van der Waals surface area contributed by atoms with Crippen molar-refractivity contribution < 1.29 is 14.7 Å². The number of nitrogens with one attached hydrogen (secondary N) is 1. The number of likely N-dealkylation sites (tertiary alicyclic amines) is 1. The molecule has 2 fully saturated rings. The Bertz CT molecular complexity index is 573. The second-order valence-corrected chi connectivity index (χ2v) is 5.55. The van der Waals surface area contributed by atoms with Crippen LogP contribution in [0.25, 0.3) is 0 Å². The summed E-state index contributed by atoms with van der Waals surface area (Å²) in [6.07, 6.45) is 4.89. The molecule has 3 heterocycles. The second kappa shape index (κ2) is 6.27. The normalized spacial score (nSPS) is 21.9. The number of hydrogen-bond donors (Lipinski definition) is 2. The van der Waals surface area contributed by atoms with E-state index in [1.807, 2.05) is 9.80 Å². The lowest BCUT2D eigenvalue weighted by molar-refractivity contribution is -0.132. The predicted molar refractivity (Wildman–Crippen MR) is 78.8 cm³/mol. The summed E-state index contributed by atoms with van der Waals surface area (Å²) >= 11 is 0. The summed E-state index contributed by atoms with van der Waals surface area (Å²) in [5.41, 5.74) is -0.0848. The zero-order valence-electron chi connectivity index (χ0n) is 12.2. The Hall–Kier alpha value is -2.22. The van der Waals surface area contributed by atoms with Crippen molar-refractivity contribution in [3.8, 4) is 0 Å². The highest BCUT2D eigenvalue weighted by Gasteiger charge is 2.30. The van der Waals surface area contributed by atoms with Crippen molar-refractivity contribution in [3.05, 3.63) is 18.1 Å². The molecule has 22 heavy (non-hydrogen) atoms. The van der Waals surface area contributed by atoms with E-state index in [9.17, 15) is 9.59 Å². The smallest absolute Gasteiger partial charge is 0.356 e. The summed E-state index contributed by atoms with van der Waals surface area (Å²) in [7, 11) is 0. The van der Waals surface area contributed by atoms with Gasteiger partial charge >= 0.3 is 5.97 Å². The number of amides is 1. The Morgan fingerprint density at radius 1 is 1.23 bits per heavy atom. The topological polar surface area (TPSA) is 98.7 Å². The number of rotatable bonds is 3. The molecule has 2 N–H and O–H groups in total. The van der Waals surface area contributed by atoms with Gasteiger partial charge in [-0.15, -0.1) is 0 Å². The number of anilines is 1. The van der Waals surface area contributed by atoms with Crippen LogP contribution in [0.15, 0.2) is 12.4 Å². The molecule has 1 atom stereocenters. The number of carbonyl (C=O) groups excluding carboxylic acids is 1. The summed E-state index contributed by atoms with van der Waals surface area (Å²) in [5.74, 6) is -0.487. The first-order chi connectivity index (χ1) is 10.6. The largest absolute Gasteiger partial charge is 0.476 e. The number of carboxylic acid groups (broad SMARTS) is 1. The quantitative estimate of drug-likeness (QED) is 0.782. The predicted octanol–water partition coefficient (Wildman–Crippen LogP) is -0.425. The molecule has 0 spiro atoms. The summed E-state index contributed by atoms with van der Waals surface area (Å²) in [6, 6.07) is -0.276. The third kappa shape index (κ3) is 3.01. The minimum absolute atomic E-state index is 0.0848. The van der Waals surface area contributed by atoms with Crippen molar-refractivity contribution in [2.75, 3.05) is 37.6 Å². The number of hydrogen-bond acceptors (Lipinski definition) is 6. The molecule has 1 unspecified atom stereocenters. The molecule has 1 amide bonds. The Kier molecular flexibility index (Phi) is 4.19. The highest BCUT2D eigenvalue weighted by molar-refractivity contribution is 5.85. The van der Waals surface area contributed by atoms with Gasteiger partial charge in [0.05, 0.1) is 12.4 Å². The molecule has 0 bridgehead atoms. The number of aromatic nitrogens is 2. The van der Waals surface area contributed by atoms with E-state index < -0.39 is 5.97 Å². The molecule has 1 aromatic heterocycles. The van der Waals surface area contributed by atoms with E-state index in [0.717, 1.165) is 25.9 Å². The fourth-order valence-electron chi connectivity index (χ4n) is 2.89. The molecule has 0 aromatic carbocycles. The van der Waals surface area contributed by atoms with Gasteiger partial charge in [0.2, 0.25) is 5.91 Å². The van der Waals surface area contributed by atoms with Gasteiger partial charge in [-0.3, -0.25) is 9.78 Å². The number of nitrogens with zero attached hydrogens (tertiary/aromatic N) is 4. The summed E-state index contributed by atoms with van der Waals surface area (Å²) < 4.78 is 0. The van der Waals surface area contributed by atoms with E-state index in [4.69, 9.17) is 5.11 Å². The van der Waals surface area contributed by atoms with Gasteiger partial charge in [-0.05, 0) is 12.8 Å². The van der Waals surface area contributed by atoms with Crippen LogP contribution in [0.2, 0.25) is 0 Å². The summed E-state index contributed by atoms with van der Waals surface area (Å²) in [4.78, 5) is 35.3. The molecule has 118 valence electrons. The molecule has 2 saturated heterocycles. The molecule has 2 aliphatic rings. The van der Waals surface area contributed by atoms with Crippen molar-refractivity contribution in [2.45, 2.75) is 18.9 Å². The average Bonchev–Trinajstić information content (AvgIpc) is 3.09. The van der Waals surface area contributed by atoms with Crippen LogP contribution in [-0.4, -0.2) is 70.6 Å². The van der Waals surface area contributed by atoms with Gasteiger partial charge in [0.1, 0.15) is 11.9 Å². The lowest BCUT2D eigenvalue weighted by Crippen LogP contribution is -2.57. The van der Waals surface area contributed by atoms with Crippen molar-refractivity contribution in [3.63, 3.8) is 0 Å². The minimum Gasteiger partial charge on any atom is -0.476 e. The monoisotopic (exact) mass is 305 g/mol. The third-order valence-electron chi connectivity index (χ3n) is 4.06. The first-order valence-electron chi connectivity index (χ1n) is 7.47. The Morgan fingerprint density at radius 3 is 2.73 bits per heavy atom. The first-order valence-corrected chi connectivity index (χ1v) is 7.47. The number of carbonyl (C=O) groups is 2. The molecule has 1 aromatic rings. The Balaban J connectivity index is 1.71. The second-order valence-electron chi connectivity index (χ2n) is 5.55. The van der Waals surface area contributed by atoms with Gasteiger partial charge in [-0.25, -0.2) is 9.78 Å². The van der Waals surface area contributed by atoms with E-state index in [-0.39, 0.29) is 17.6 Å². The average molecular weight is 305 g/mol.